The Hall–Kier alpha value is -0.900. The van der Waals surface area contributed by atoms with Crippen LogP contribution in [0.15, 0.2) is 24.4 Å². The average Bonchev–Trinajstić information content (AvgIpc) is 2.23. The lowest BCUT2D eigenvalue weighted by atomic mass is 10.1. The number of hydrogen-bond donors (Lipinski definition) is 0. The fourth-order valence-electron chi connectivity index (χ4n) is 1.41. The summed E-state index contributed by atoms with van der Waals surface area (Å²) in [5.74, 6) is -2.30. The molecule has 0 aliphatic heterocycles. The normalized spacial score (nSPS) is 10.6. The van der Waals surface area contributed by atoms with Crippen molar-refractivity contribution in [2.24, 2.45) is 0 Å². The third kappa shape index (κ3) is 2.37. The molecule has 0 saturated carbocycles. The van der Waals surface area contributed by atoms with E-state index in [1.54, 1.807) is 0 Å². The van der Waals surface area contributed by atoms with Crippen LogP contribution in [-0.2, 0) is 0 Å². The van der Waals surface area contributed by atoms with Gasteiger partial charge in [0.25, 0.3) is 0 Å². The molecule has 88 valence electrons. The molecule has 0 spiro atoms. The van der Waals surface area contributed by atoms with Gasteiger partial charge in [-0.25, -0.2) is 9.37 Å². The summed E-state index contributed by atoms with van der Waals surface area (Å²) in [6, 6.07) is 4.10. The van der Waals surface area contributed by atoms with E-state index in [0.717, 1.165) is 6.20 Å². The second-order valence-electron chi connectivity index (χ2n) is 3.21. The van der Waals surface area contributed by atoms with E-state index >= 15 is 0 Å². The maximum atomic E-state index is 13.6. The maximum absolute atomic E-state index is 13.6. The molecule has 0 unspecified atom stereocenters. The monoisotopic (exact) mass is 293 g/mol. The van der Waals surface area contributed by atoms with Crippen molar-refractivity contribution in [1.82, 2.24) is 4.98 Å². The molecule has 0 bridgehead atoms. The molecule has 0 radical (unpaired) electrons. The Kier molecular flexibility index (Phi) is 3.52. The molecule has 1 aromatic carbocycles. The Bertz CT molecular complexity index is 564. The lowest BCUT2D eigenvalue weighted by Crippen LogP contribution is -1.94. The fraction of sp³-hybridized carbons (Fsp3) is 0. The van der Waals surface area contributed by atoms with Gasteiger partial charge in [-0.05, 0) is 18.2 Å². The molecule has 2 aromatic rings. The first-order valence-electron chi connectivity index (χ1n) is 4.45. The van der Waals surface area contributed by atoms with Crippen LogP contribution in [0.5, 0.6) is 0 Å². The number of halogens is 5. The van der Waals surface area contributed by atoms with Crippen molar-refractivity contribution in [3.63, 3.8) is 0 Å². The Morgan fingerprint density at radius 2 is 1.59 bits per heavy atom. The number of nitrogens with zero attached hydrogens (tertiary/aromatic N) is 1. The van der Waals surface area contributed by atoms with Crippen molar-refractivity contribution < 1.29 is 8.78 Å². The molecule has 17 heavy (non-hydrogen) atoms. The average molecular weight is 295 g/mol. The predicted molar refractivity (Wildman–Crippen MR) is 64.6 cm³/mol. The van der Waals surface area contributed by atoms with Crippen LogP contribution in [0.25, 0.3) is 11.1 Å². The molecular weight excluding hydrogens is 290 g/mol. The zero-order chi connectivity index (χ0) is 12.6. The zero-order valence-electron chi connectivity index (χ0n) is 8.15. The number of rotatable bonds is 1. The van der Waals surface area contributed by atoms with Gasteiger partial charge in [-0.2, -0.15) is 4.39 Å². The molecule has 6 heteroatoms. The molecule has 1 heterocycles. The van der Waals surface area contributed by atoms with Gasteiger partial charge in [0.15, 0.2) is 5.82 Å². The minimum atomic E-state index is -1.20. The molecule has 0 fully saturated rings. The number of benzene rings is 1. The summed E-state index contributed by atoms with van der Waals surface area (Å²) in [4.78, 5) is 3.19. The summed E-state index contributed by atoms with van der Waals surface area (Å²) in [6.07, 6.45) is 1.13. The molecule has 0 atom stereocenters. The van der Waals surface area contributed by atoms with Gasteiger partial charge in [0.2, 0.25) is 5.95 Å². The Labute approximate surface area is 111 Å². The Morgan fingerprint density at radius 3 is 2.18 bits per heavy atom. The van der Waals surface area contributed by atoms with Crippen molar-refractivity contribution in [3.8, 4) is 11.1 Å². The van der Waals surface area contributed by atoms with E-state index in [0.29, 0.717) is 5.02 Å². The van der Waals surface area contributed by atoms with Crippen LogP contribution in [0.1, 0.15) is 0 Å². The molecule has 0 saturated heterocycles. The largest absolute Gasteiger partial charge is 0.249 e. The van der Waals surface area contributed by atoms with Crippen LogP contribution in [0.3, 0.4) is 0 Å². The Morgan fingerprint density at radius 1 is 1.00 bits per heavy atom. The number of pyridine rings is 1. The second-order valence-corrected chi connectivity index (χ2v) is 4.46. The van der Waals surface area contributed by atoms with Gasteiger partial charge in [0, 0.05) is 22.3 Å². The number of aromatic nitrogens is 1. The standard InChI is InChI=1S/C11H4Cl3F2N/c12-5-3-7(13)9(8(14)4-5)6-1-2-17-11(16)10(6)15/h1-4H. The van der Waals surface area contributed by atoms with Crippen LogP contribution in [0, 0.1) is 11.8 Å². The van der Waals surface area contributed by atoms with E-state index in [1.807, 2.05) is 0 Å². The van der Waals surface area contributed by atoms with Crippen molar-refractivity contribution in [3.05, 3.63) is 51.2 Å². The highest BCUT2D eigenvalue weighted by Gasteiger charge is 2.17. The van der Waals surface area contributed by atoms with E-state index in [9.17, 15) is 8.78 Å². The van der Waals surface area contributed by atoms with Gasteiger partial charge in [0.05, 0.1) is 10.0 Å². The van der Waals surface area contributed by atoms with E-state index in [1.165, 1.54) is 18.2 Å². The zero-order valence-corrected chi connectivity index (χ0v) is 10.4. The van der Waals surface area contributed by atoms with Crippen LogP contribution in [0.4, 0.5) is 8.78 Å². The fourth-order valence-corrected chi connectivity index (χ4v) is 2.43. The molecule has 1 aromatic heterocycles. The minimum Gasteiger partial charge on any atom is -0.226 e. The first kappa shape index (κ1) is 12.6. The quantitative estimate of drug-likeness (QED) is 0.675. The molecular formula is C11H4Cl3F2N. The third-order valence-electron chi connectivity index (χ3n) is 2.12. The highest BCUT2D eigenvalue weighted by Crippen LogP contribution is 2.38. The molecule has 0 amide bonds. The summed E-state index contributed by atoms with van der Waals surface area (Å²) in [6.45, 7) is 0. The van der Waals surface area contributed by atoms with E-state index in [2.05, 4.69) is 4.98 Å². The van der Waals surface area contributed by atoms with Gasteiger partial charge < -0.3 is 0 Å². The highest BCUT2D eigenvalue weighted by atomic mass is 35.5. The third-order valence-corrected chi connectivity index (χ3v) is 2.94. The summed E-state index contributed by atoms with van der Waals surface area (Å²) in [7, 11) is 0. The SMILES string of the molecule is Fc1nccc(-c2c(Cl)cc(Cl)cc2Cl)c1F. The molecule has 1 nitrogen and oxygen atoms in total. The molecule has 0 N–H and O–H groups in total. The van der Waals surface area contributed by atoms with Gasteiger partial charge in [-0.3, -0.25) is 0 Å². The topological polar surface area (TPSA) is 12.9 Å². The first-order valence-corrected chi connectivity index (χ1v) is 5.59. The first-order chi connectivity index (χ1) is 8.00. The van der Waals surface area contributed by atoms with Gasteiger partial charge in [0.1, 0.15) is 0 Å². The number of hydrogen-bond acceptors (Lipinski definition) is 1. The summed E-state index contributed by atoms with van der Waals surface area (Å²) in [5, 5.41) is 0.609. The van der Waals surface area contributed by atoms with Crippen molar-refractivity contribution >= 4 is 34.8 Å². The van der Waals surface area contributed by atoms with E-state index in [4.69, 9.17) is 34.8 Å². The van der Waals surface area contributed by atoms with E-state index < -0.39 is 11.8 Å². The lowest BCUT2D eigenvalue weighted by Gasteiger charge is -2.08. The molecule has 0 aliphatic rings. The smallest absolute Gasteiger partial charge is 0.226 e. The summed E-state index contributed by atoms with van der Waals surface area (Å²) < 4.78 is 26.6. The van der Waals surface area contributed by atoms with Gasteiger partial charge in [-0.1, -0.05) is 34.8 Å². The molecule has 2 rings (SSSR count). The second kappa shape index (κ2) is 4.77. The summed E-state index contributed by atoms with van der Waals surface area (Å²) >= 11 is 17.6. The van der Waals surface area contributed by atoms with Crippen molar-refractivity contribution in [2.75, 3.05) is 0 Å². The van der Waals surface area contributed by atoms with Crippen molar-refractivity contribution in [1.29, 1.82) is 0 Å². The lowest BCUT2D eigenvalue weighted by molar-refractivity contribution is 0.482. The van der Waals surface area contributed by atoms with Gasteiger partial charge >= 0.3 is 0 Å². The Balaban J connectivity index is 2.73. The van der Waals surface area contributed by atoms with E-state index in [-0.39, 0.29) is 21.2 Å². The van der Waals surface area contributed by atoms with Crippen LogP contribution >= 0.6 is 34.8 Å². The minimum absolute atomic E-state index is 0.0517. The van der Waals surface area contributed by atoms with Crippen LogP contribution in [-0.4, -0.2) is 4.98 Å². The highest BCUT2D eigenvalue weighted by molar-refractivity contribution is 6.41. The van der Waals surface area contributed by atoms with Crippen molar-refractivity contribution in [2.45, 2.75) is 0 Å². The maximum Gasteiger partial charge on any atom is 0.249 e. The van der Waals surface area contributed by atoms with Gasteiger partial charge in [-0.15, -0.1) is 0 Å². The predicted octanol–water partition coefficient (Wildman–Crippen LogP) is 4.99. The van der Waals surface area contributed by atoms with Crippen LogP contribution < -0.4 is 0 Å². The van der Waals surface area contributed by atoms with Crippen LogP contribution in [0.2, 0.25) is 15.1 Å². The molecule has 0 aliphatic carbocycles. The summed E-state index contributed by atoms with van der Waals surface area (Å²) in [5.41, 5.74) is 0.140.